The highest BCUT2D eigenvalue weighted by atomic mass is 32.2. The Labute approximate surface area is 137 Å². The van der Waals surface area contributed by atoms with E-state index in [2.05, 4.69) is 4.98 Å². The molecule has 2 aromatic carbocycles. The molecule has 0 saturated heterocycles. The van der Waals surface area contributed by atoms with E-state index in [4.69, 9.17) is 0 Å². The molecule has 0 fully saturated rings. The van der Waals surface area contributed by atoms with Crippen LogP contribution in [0.15, 0.2) is 47.4 Å². The number of aromatic nitrogens is 1. The maximum Gasteiger partial charge on any atom is 0.243 e. The van der Waals surface area contributed by atoms with Crippen LogP contribution in [0.25, 0.3) is 10.9 Å². The number of nitrogens with one attached hydrogen (secondary N) is 1. The van der Waals surface area contributed by atoms with E-state index in [9.17, 15) is 17.2 Å². The number of rotatable bonds is 2. The van der Waals surface area contributed by atoms with Gasteiger partial charge in [-0.05, 0) is 48.0 Å². The van der Waals surface area contributed by atoms with Crippen LogP contribution in [0.3, 0.4) is 0 Å². The van der Waals surface area contributed by atoms with Crippen LogP contribution in [0.4, 0.5) is 8.78 Å². The van der Waals surface area contributed by atoms with Crippen molar-refractivity contribution >= 4 is 20.9 Å². The fourth-order valence-electron chi connectivity index (χ4n) is 3.12. The van der Waals surface area contributed by atoms with Gasteiger partial charge >= 0.3 is 0 Å². The van der Waals surface area contributed by atoms with E-state index in [1.165, 1.54) is 28.6 Å². The third-order valence-electron chi connectivity index (χ3n) is 4.35. The summed E-state index contributed by atoms with van der Waals surface area (Å²) < 4.78 is 53.4. The topological polar surface area (TPSA) is 53.2 Å². The van der Waals surface area contributed by atoms with Gasteiger partial charge in [-0.2, -0.15) is 4.31 Å². The van der Waals surface area contributed by atoms with Crippen LogP contribution in [0.5, 0.6) is 0 Å². The first-order chi connectivity index (χ1) is 11.4. The molecule has 1 aromatic heterocycles. The van der Waals surface area contributed by atoms with Gasteiger partial charge in [0.2, 0.25) is 10.0 Å². The maximum absolute atomic E-state index is 13.5. The molecule has 1 aliphatic heterocycles. The Morgan fingerprint density at radius 3 is 2.46 bits per heavy atom. The Hall–Kier alpha value is -2.25. The molecule has 0 amide bonds. The molecule has 0 aliphatic carbocycles. The van der Waals surface area contributed by atoms with Crippen LogP contribution in [0.2, 0.25) is 0 Å². The smallest absolute Gasteiger partial charge is 0.243 e. The minimum atomic E-state index is -3.72. The number of halogens is 2. The summed E-state index contributed by atoms with van der Waals surface area (Å²) in [5.74, 6) is -0.843. The van der Waals surface area contributed by atoms with E-state index >= 15 is 0 Å². The fraction of sp³-hybridized carbons (Fsp3) is 0.176. The molecule has 0 unspecified atom stereocenters. The third-order valence-corrected chi connectivity index (χ3v) is 6.21. The molecule has 0 radical (unpaired) electrons. The maximum atomic E-state index is 13.5. The lowest BCUT2D eigenvalue weighted by Crippen LogP contribution is -2.35. The Morgan fingerprint density at radius 1 is 1.00 bits per heavy atom. The van der Waals surface area contributed by atoms with Gasteiger partial charge in [0.05, 0.1) is 4.90 Å². The van der Waals surface area contributed by atoms with Crippen LogP contribution in [-0.4, -0.2) is 24.3 Å². The summed E-state index contributed by atoms with van der Waals surface area (Å²) in [6, 6.07) is 9.22. The number of H-pyrrole nitrogens is 1. The van der Waals surface area contributed by atoms with Crippen molar-refractivity contribution < 1.29 is 17.2 Å². The summed E-state index contributed by atoms with van der Waals surface area (Å²) in [5, 5.41) is 0.698. The van der Waals surface area contributed by atoms with Crippen molar-refractivity contribution in [3.63, 3.8) is 0 Å². The van der Waals surface area contributed by atoms with E-state index < -0.39 is 15.8 Å². The normalized spacial score (nSPS) is 15.6. The van der Waals surface area contributed by atoms with Crippen LogP contribution in [0.1, 0.15) is 11.3 Å². The highest BCUT2D eigenvalue weighted by Crippen LogP contribution is 2.31. The molecule has 7 heteroatoms. The van der Waals surface area contributed by atoms with E-state index in [0.29, 0.717) is 18.4 Å². The summed E-state index contributed by atoms with van der Waals surface area (Å²) in [5.41, 5.74) is 2.52. The molecule has 2 heterocycles. The average Bonchev–Trinajstić information content (AvgIpc) is 2.92. The van der Waals surface area contributed by atoms with Gasteiger partial charge in [0.25, 0.3) is 0 Å². The van der Waals surface area contributed by atoms with Crippen molar-refractivity contribution in [1.82, 2.24) is 9.29 Å². The SMILES string of the molecule is O=S(=O)(c1ccc(F)cc1)N1CCc2[nH]c3ccc(F)cc3c2C1. The van der Waals surface area contributed by atoms with Crippen molar-refractivity contribution in [1.29, 1.82) is 0 Å². The van der Waals surface area contributed by atoms with Crippen molar-refractivity contribution in [3.05, 3.63) is 65.4 Å². The van der Waals surface area contributed by atoms with Gasteiger partial charge in [-0.25, -0.2) is 17.2 Å². The molecule has 4 nitrogen and oxygen atoms in total. The second-order valence-corrected chi connectivity index (χ2v) is 7.75. The predicted molar refractivity (Wildman–Crippen MR) is 86.0 cm³/mol. The lowest BCUT2D eigenvalue weighted by atomic mass is 10.1. The molecule has 24 heavy (non-hydrogen) atoms. The van der Waals surface area contributed by atoms with E-state index in [-0.39, 0.29) is 17.3 Å². The molecule has 3 aromatic rings. The largest absolute Gasteiger partial charge is 0.358 e. The monoisotopic (exact) mass is 348 g/mol. The van der Waals surface area contributed by atoms with E-state index in [0.717, 1.165) is 28.9 Å². The summed E-state index contributed by atoms with van der Waals surface area (Å²) in [6.45, 7) is 0.487. The van der Waals surface area contributed by atoms with Gasteiger partial charge in [0, 0.05) is 36.1 Å². The molecule has 1 N–H and O–H groups in total. The Kier molecular flexibility index (Phi) is 3.43. The average molecular weight is 348 g/mol. The van der Waals surface area contributed by atoms with Gasteiger partial charge in [-0.15, -0.1) is 0 Å². The first kappa shape index (κ1) is 15.3. The zero-order chi connectivity index (χ0) is 16.9. The number of aromatic amines is 1. The minimum Gasteiger partial charge on any atom is -0.358 e. The lowest BCUT2D eigenvalue weighted by molar-refractivity contribution is 0.391. The highest BCUT2D eigenvalue weighted by Gasteiger charge is 2.30. The number of benzene rings is 2. The molecule has 0 saturated carbocycles. The first-order valence-electron chi connectivity index (χ1n) is 7.50. The zero-order valence-electron chi connectivity index (χ0n) is 12.6. The van der Waals surface area contributed by atoms with Crippen molar-refractivity contribution in [2.75, 3.05) is 6.54 Å². The predicted octanol–water partition coefficient (Wildman–Crippen LogP) is 3.19. The molecular formula is C17H14F2N2O2S. The number of sulfonamides is 1. The standard InChI is InChI=1S/C17H14F2N2O2S/c18-11-1-4-13(5-2-11)24(22,23)21-8-7-17-15(10-21)14-9-12(19)3-6-16(14)20-17/h1-6,9,20H,7-8,10H2. The van der Waals surface area contributed by atoms with Gasteiger partial charge in [-0.3, -0.25) is 0 Å². The summed E-state index contributed by atoms with van der Waals surface area (Å²) in [7, 11) is -3.72. The fourth-order valence-corrected chi connectivity index (χ4v) is 4.53. The van der Waals surface area contributed by atoms with E-state index in [1.54, 1.807) is 6.07 Å². The van der Waals surface area contributed by atoms with Crippen molar-refractivity contribution in [2.24, 2.45) is 0 Å². The van der Waals surface area contributed by atoms with Crippen LogP contribution in [-0.2, 0) is 23.0 Å². The quantitative estimate of drug-likeness (QED) is 0.773. The molecule has 4 rings (SSSR count). The summed E-state index contributed by atoms with van der Waals surface area (Å²) in [6.07, 6.45) is 0.520. The molecule has 124 valence electrons. The van der Waals surface area contributed by atoms with E-state index in [1.807, 2.05) is 0 Å². The third kappa shape index (κ3) is 2.40. The Balaban J connectivity index is 1.74. The highest BCUT2D eigenvalue weighted by molar-refractivity contribution is 7.89. The van der Waals surface area contributed by atoms with Gasteiger partial charge < -0.3 is 4.98 Å². The van der Waals surface area contributed by atoms with Crippen LogP contribution < -0.4 is 0 Å². The summed E-state index contributed by atoms with van der Waals surface area (Å²) >= 11 is 0. The number of hydrogen-bond acceptors (Lipinski definition) is 2. The number of fused-ring (bicyclic) bond motifs is 3. The Bertz CT molecular complexity index is 1030. The molecule has 0 atom stereocenters. The van der Waals surface area contributed by atoms with Crippen molar-refractivity contribution in [2.45, 2.75) is 17.9 Å². The van der Waals surface area contributed by atoms with Gasteiger partial charge in [-0.1, -0.05) is 0 Å². The molecule has 0 bridgehead atoms. The van der Waals surface area contributed by atoms with Gasteiger partial charge in [0.1, 0.15) is 11.6 Å². The lowest BCUT2D eigenvalue weighted by Gasteiger charge is -2.26. The molecule has 0 spiro atoms. The second-order valence-electron chi connectivity index (χ2n) is 5.81. The van der Waals surface area contributed by atoms with Crippen molar-refractivity contribution in [3.8, 4) is 0 Å². The Morgan fingerprint density at radius 2 is 1.71 bits per heavy atom. The minimum absolute atomic E-state index is 0.0540. The zero-order valence-corrected chi connectivity index (χ0v) is 13.4. The number of hydrogen-bond donors (Lipinski definition) is 1. The first-order valence-corrected chi connectivity index (χ1v) is 8.94. The summed E-state index contributed by atoms with van der Waals surface area (Å²) in [4.78, 5) is 3.28. The van der Waals surface area contributed by atoms with Crippen LogP contribution >= 0.6 is 0 Å². The molecule has 1 aliphatic rings. The second kappa shape index (κ2) is 5.39. The molecular weight excluding hydrogens is 334 g/mol. The van der Waals surface area contributed by atoms with Gasteiger partial charge in [0.15, 0.2) is 0 Å². The van der Waals surface area contributed by atoms with Crippen LogP contribution in [0, 0.1) is 11.6 Å². The number of nitrogens with zero attached hydrogens (tertiary/aromatic N) is 1.